The van der Waals surface area contributed by atoms with Crippen molar-refractivity contribution in [1.29, 1.82) is 0 Å². The molecule has 0 spiro atoms. The van der Waals surface area contributed by atoms with Crippen LogP contribution in [-0.4, -0.2) is 52.4 Å². The maximum atomic E-state index is 12.8. The monoisotopic (exact) mass is 339 g/mol. The number of nitrogens with one attached hydrogen (secondary N) is 2. The number of aryl methyl sites for hydroxylation is 1. The molecule has 130 valence electrons. The minimum atomic E-state index is -0.538. The molecular formula is C18H21N5O2. The Morgan fingerprint density at radius 3 is 2.84 bits per heavy atom. The highest BCUT2D eigenvalue weighted by molar-refractivity contribution is 5.97. The summed E-state index contributed by atoms with van der Waals surface area (Å²) < 4.78 is 0. The molecule has 25 heavy (non-hydrogen) atoms. The van der Waals surface area contributed by atoms with E-state index in [0.717, 1.165) is 11.1 Å². The van der Waals surface area contributed by atoms with Crippen molar-refractivity contribution in [2.24, 2.45) is 0 Å². The molecule has 1 atom stereocenters. The number of aromatic nitrogens is 2. The standard InChI is InChI=1S/C18H21N5O2/c1-13-8-15(11-21-9-13)18(25)23-7-6-20-12-16(23)17(24)22-10-14-2-4-19-5-3-14/h2-5,8-9,11,16,20H,6-7,10,12H2,1H3,(H,22,24)/t16-/m0/s1. The zero-order valence-corrected chi connectivity index (χ0v) is 14.1. The van der Waals surface area contributed by atoms with Gasteiger partial charge < -0.3 is 15.5 Å². The number of carbonyl (C=O) groups is 2. The van der Waals surface area contributed by atoms with Gasteiger partial charge in [0.1, 0.15) is 6.04 Å². The second-order valence-corrected chi connectivity index (χ2v) is 6.04. The summed E-state index contributed by atoms with van der Waals surface area (Å²) in [6, 6.07) is 4.95. The van der Waals surface area contributed by atoms with Crippen molar-refractivity contribution in [1.82, 2.24) is 25.5 Å². The number of rotatable bonds is 4. The first-order valence-corrected chi connectivity index (χ1v) is 8.25. The molecule has 0 aromatic carbocycles. The summed E-state index contributed by atoms with van der Waals surface area (Å²) in [5.74, 6) is -0.334. The summed E-state index contributed by atoms with van der Waals surface area (Å²) in [7, 11) is 0. The molecule has 1 aliphatic rings. The van der Waals surface area contributed by atoms with E-state index in [2.05, 4.69) is 20.6 Å². The van der Waals surface area contributed by atoms with Gasteiger partial charge in [-0.2, -0.15) is 0 Å². The summed E-state index contributed by atoms with van der Waals surface area (Å²) in [6.45, 7) is 3.89. The van der Waals surface area contributed by atoms with Gasteiger partial charge in [0.2, 0.25) is 5.91 Å². The molecule has 3 heterocycles. The van der Waals surface area contributed by atoms with E-state index < -0.39 is 6.04 Å². The van der Waals surface area contributed by atoms with Gasteiger partial charge in [-0.25, -0.2) is 0 Å². The molecule has 0 unspecified atom stereocenters. The van der Waals surface area contributed by atoms with E-state index in [0.29, 0.717) is 31.7 Å². The fraction of sp³-hybridized carbons (Fsp3) is 0.333. The molecule has 3 rings (SSSR count). The second kappa shape index (κ2) is 7.85. The Morgan fingerprint density at radius 1 is 1.28 bits per heavy atom. The molecule has 0 bridgehead atoms. The van der Waals surface area contributed by atoms with Crippen molar-refractivity contribution in [3.63, 3.8) is 0 Å². The Labute approximate surface area is 146 Å². The van der Waals surface area contributed by atoms with Crippen LogP contribution in [0.3, 0.4) is 0 Å². The first-order valence-electron chi connectivity index (χ1n) is 8.25. The number of pyridine rings is 2. The van der Waals surface area contributed by atoms with E-state index in [1.54, 1.807) is 35.8 Å². The fourth-order valence-corrected chi connectivity index (χ4v) is 2.83. The number of piperazine rings is 1. The smallest absolute Gasteiger partial charge is 0.256 e. The summed E-state index contributed by atoms with van der Waals surface area (Å²) in [4.78, 5) is 35.1. The highest BCUT2D eigenvalue weighted by atomic mass is 16.2. The van der Waals surface area contributed by atoms with Gasteiger partial charge in [0, 0.05) is 51.0 Å². The number of amides is 2. The molecular weight excluding hydrogens is 318 g/mol. The van der Waals surface area contributed by atoms with Gasteiger partial charge in [0.25, 0.3) is 5.91 Å². The molecule has 2 aromatic rings. The highest BCUT2D eigenvalue weighted by Gasteiger charge is 2.32. The fourth-order valence-electron chi connectivity index (χ4n) is 2.83. The molecule has 2 aromatic heterocycles. The van der Waals surface area contributed by atoms with Crippen LogP contribution in [0.1, 0.15) is 21.5 Å². The molecule has 2 amide bonds. The number of hydrogen-bond acceptors (Lipinski definition) is 5. The van der Waals surface area contributed by atoms with Crippen molar-refractivity contribution in [2.75, 3.05) is 19.6 Å². The quantitative estimate of drug-likeness (QED) is 0.848. The summed E-state index contributed by atoms with van der Waals surface area (Å²) in [6.07, 6.45) is 6.62. The number of hydrogen-bond donors (Lipinski definition) is 2. The lowest BCUT2D eigenvalue weighted by Gasteiger charge is -2.35. The van der Waals surface area contributed by atoms with E-state index in [9.17, 15) is 9.59 Å². The molecule has 1 saturated heterocycles. The SMILES string of the molecule is Cc1cncc(C(=O)N2CCNC[C@H]2C(=O)NCc2ccncc2)c1. The first kappa shape index (κ1) is 17.0. The lowest BCUT2D eigenvalue weighted by atomic mass is 10.1. The minimum Gasteiger partial charge on any atom is -0.350 e. The van der Waals surface area contributed by atoms with Crippen molar-refractivity contribution < 1.29 is 9.59 Å². The Balaban J connectivity index is 1.69. The average Bonchev–Trinajstić information content (AvgIpc) is 2.66. The molecule has 1 fully saturated rings. The number of carbonyl (C=O) groups excluding carboxylic acids is 2. The molecule has 0 saturated carbocycles. The van der Waals surface area contributed by atoms with Crippen LogP contribution < -0.4 is 10.6 Å². The molecule has 7 nitrogen and oxygen atoms in total. The zero-order chi connectivity index (χ0) is 17.6. The molecule has 0 aliphatic carbocycles. The van der Waals surface area contributed by atoms with Gasteiger partial charge in [-0.05, 0) is 36.2 Å². The van der Waals surface area contributed by atoms with E-state index in [1.165, 1.54) is 0 Å². The van der Waals surface area contributed by atoms with Gasteiger partial charge in [-0.15, -0.1) is 0 Å². The third-order valence-corrected chi connectivity index (χ3v) is 4.14. The van der Waals surface area contributed by atoms with Crippen molar-refractivity contribution in [3.8, 4) is 0 Å². The molecule has 2 N–H and O–H groups in total. The maximum absolute atomic E-state index is 12.8. The van der Waals surface area contributed by atoms with Gasteiger partial charge in [0.15, 0.2) is 0 Å². The Morgan fingerprint density at radius 2 is 2.08 bits per heavy atom. The molecule has 1 aliphatic heterocycles. The van der Waals surface area contributed by atoms with Gasteiger partial charge >= 0.3 is 0 Å². The number of nitrogens with zero attached hydrogens (tertiary/aromatic N) is 3. The topological polar surface area (TPSA) is 87.2 Å². The van der Waals surface area contributed by atoms with Crippen LogP contribution in [0.15, 0.2) is 43.0 Å². The molecule has 7 heteroatoms. The Hall–Kier alpha value is -2.80. The van der Waals surface area contributed by atoms with Crippen LogP contribution in [0, 0.1) is 6.92 Å². The van der Waals surface area contributed by atoms with Crippen LogP contribution >= 0.6 is 0 Å². The van der Waals surface area contributed by atoms with Crippen molar-refractivity contribution in [3.05, 3.63) is 59.7 Å². The summed E-state index contributed by atoms with van der Waals surface area (Å²) in [5.41, 5.74) is 2.39. The predicted molar refractivity (Wildman–Crippen MR) is 92.8 cm³/mol. The maximum Gasteiger partial charge on any atom is 0.256 e. The van der Waals surface area contributed by atoms with E-state index in [1.807, 2.05) is 19.1 Å². The van der Waals surface area contributed by atoms with Crippen LogP contribution in [0.5, 0.6) is 0 Å². The van der Waals surface area contributed by atoms with Crippen LogP contribution in [-0.2, 0) is 11.3 Å². The normalized spacial score (nSPS) is 17.2. The van der Waals surface area contributed by atoms with Gasteiger partial charge in [0.05, 0.1) is 5.56 Å². The largest absolute Gasteiger partial charge is 0.350 e. The average molecular weight is 339 g/mol. The van der Waals surface area contributed by atoms with Crippen LogP contribution in [0.4, 0.5) is 0 Å². The Kier molecular flexibility index (Phi) is 5.35. The lowest BCUT2D eigenvalue weighted by Crippen LogP contribution is -2.59. The van der Waals surface area contributed by atoms with Gasteiger partial charge in [-0.1, -0.05) is 0 Å². The van der Waals surface area contributed by atoms with Gasteiger partial charge in [-0.3, -0.25) is 19.6 Å². The third kappa shape index (κ3) is 4.19. The Bertz CT molecular complexity index is 750. The van der Waals surface area contributed by atoms with Crippen molar-refractivity contribution >= 4 is 11.8 Å². The first-order chi connectivity index (χ1) is 12.1. The highest BCUT2D eigenvalue weighted by Crippen LogP contribution is 2.12. The van der Waals surface area contributed by atoms with E-state index >= 15 is 0 Å². The summed E-state index contributed by atoms with van der Waals surface area (Å²) >= 11 is 0. The molecule has 0 radical (unpaired) electrons. The zero-order valence-electron chi connectivity index (χ0n) is 14.1. The minimum absolute atomic E-state index is 0.165. The second-order valence-electron chi connectivity index (χ2n) is 6.04. The van der Waals surface area contributed by atoms with Crippen molar-refractivity contribution in [2.45, 2.75) is 19.5 Å². The third-order valence-electron chi connectivity index (χ3n) is 4.14. The van der Waals surface area contributed by atoms with E-state index in [-0.39, 0.29) is 11.8 Å². The van der Waals surface area contributed by atoms with E-state index in [4.69, 9.17) is 0 Å². The predicted octanol–water partition coefficient (Wildman–Crippen LogP) is 0.515. The lowest BCUT2D eigenvalue weighted by molar-refractivity contribution is -0.126. The van der Waals surface area contributed by atoms with Crippen LogP contribution in [0.25, 0.3) is 0 Å². The summed E-state index contributed by atoms with van der Waals surface area (Å²) in [5, 5.41) is 6.08. The van der Waals surface area contributed by atoms with Crippen LogP contribution in [0.2, 0.25) is 0 Å².